The average Bonchev–Trinajstić information content (AvgIpc) is 2.54. The number of halogens is 1. The van der Waals surface area contributed by atoms with Gasteiger partial charge >= 0.3 is 5.69 Å². The molecule has 1 aromatic heterocycles. The van der Waals surface area contributed by atoms with Gasteiger partial charge in [-0.3, -0.25) is 9.56 Å². The Morgan fingerprint density at radius 1 is 1.32 bits per heavy atom. The van der Waals surface area contributed by atoms with Crippen molar-refractivity contribution in [2.24, 2.45) is 12.0 Å². The predicted molar refractivity (Wildman–Crippen MR) is 76.7 cm³/mol. The van der Waals surface area contributed by atoms with Crippen molar-refractivity contribution in [3.8, 4) is 5.75 Å². The SMILES string of the molecule is [2H]C([2H])([2H])n1c(=NC)c(F)cn(S(=O)(=O)c2ccc(OC)cc2)c1=O. The molecule has 0 radical (unpaired) electrons. The molecule has 0 fully saturated rings. The number of aromatic nitrogens is 2. The summed E-state index contributed by atoms with van der Waals surface area (Å²) in [6.45, 7) is -3.12. The summed E-state index contributed by atoms with van der Waals surface area (Å²) < 4.78 is 66.4. The molecule has 0 saturated heterocycles. The highest BCUT2D eigenvalue weighted by Gasteiger charge is 2.21. The Bertz CT molecular complexity index is 1020. The van der Waals surface area contributed by atoms with Crippen molar-refractivity contribution in [2.75, 3.05) is 14.2 Å². The number of rotatable bonds is 3. The molecule has 0 aliphatic rings. The van der Waals surface area contributed by atoms with E-state index in [2.05, 4.69) is 4.99 Å². The second-order valence-electron chi connectivity index (χ2n) is 4.12. The second-order valence-corrected chi connectivity index (χ2v) is 5.93. The molecule has 9 heteroatoms. The second kappa shape index (κ2) is 5.76. The summed E-state index contributed by atoms with van der Waals surface area (Å²) >= 11 is 0. The van der Waals surface area contributed by atoms with E-state index in [0.29, 0.717) is 11.9 Å². The third kappa shape index (κ3) is 2.54. The minimum absolute atomic E-state index is 0.0173. The molecule has 22 heavy (non-hydrogen) atoms. The van der Waals surface area contributed by atoms with Gasteiger partial charge in [0.05, 0.1) is 18.2 Å². The molecular formula is C13H14FN3O4S. The smallest absolute Gasteiger partial charge is 0.343 e. The molecule has 1 aromatic carbocycles. The van der Waals surface area contributed by atoms with Gasteiger partial charge in [-0.05, 0) is 24.3 Å². The minimum atomic E-state index is -4.53. The first-order valence-electron chi connectivity index (χ1n) is 7.41. The summed E-state index contributed by atoms with van der Waals surface area (Å²) in [5.41, 5.74) is -2.23. The Kier molecular flexibility index (Phi) is 3.18. The first kappa shape index (κ1) is 12.2. The molecule has 1 heterocycles. The fraction of sp³-hybridized carbons (Fsp3) is 0.231. The van der Waals surface area contributed by atoms with Crippen LogP contribution in [0.5, 0.6) is 5.75 Å². The highest BCUT2D eigenvalue weighted by Crippen LogP contribution is 2.17. The van der Waals surface area contributed by atoms with Crippen LogP contribution in [0, 0.1) is 5.82 Å². The van der Waals surface area contributed by atoms with Crippen LogP contribution in [-0.2, 0) is 17.0 Å². The number of hydrogen-bond donors (Lipinski definition) is 0. The van der Waals surface area contributed by atoms with Crippen molar-refractivity contribution in [1.82, 2.24) is 8.54 Å². The van der Waals surface area contributed by atoms with Crippen molar-refractivity contribution in [1.29, 1.82) is 0 Å². The van der Waals surface area contributed by atoms with E-state index in [1.165, 1.54) is 19.2 Å². The van der Waals surface area contributed by atoms with E-state index < -0.39 is 34.0 Å². The molecule has 118 valence electrons. The molecule has 2 rings (SSSR count). The zero-order chi connectivity index (χ0) is 19.0. The number of benzene rings is 1. The fourth-order valence-corrected chi connectivity index (χ4v) is 2.98. The van der Waals surface area contributed by atoms with Gasteiger partial charge in [0.2, 0.25) is 0 Å². The Balaban J connectivity index is 2.83. The van der Waals surface area contributed by atoms with Gasteiger partial charge in [-0.2, -0.15) is 3.97 Å². The predicted octanol–water partition coefficient (Wildman–Crippen LogP) is 0.102. The van der Waals surface area contributed by atoms with E-state index in [1.807, 2.05) is 0 Å². The van der Waals surface area contributed by atoms with Crippen LogP contribution in [0.3, 0.4) is 0 Å². The summed E-state index contributed by atoms with van der Waals surface area (Å²) in [5, 5.41) is 0. The highest BCUT2D eigenvalue weighted by molar-refractivity contribution is 7.90. The monoisotopic (exact) mass is 330 g/mol. The van der Waals surface area contributed by atoms with Crippen LogP contribution in [0.1, 0.15) is 4.11 Å². The van der Waals surface area contributed by atoms with Gasteiger partial charge in [-0.25, -0.2) is 17.6 Å². The Morgan fingerprint density at radius 3 is 2.45 bits per heavy atom. The van der Waals surface area contributed by atoms with E-state index in [-0.39, 0.29) is 13.4 Å². The number of ether oxygens (including phenoxy) is 1. The van der Waals surface area contributed by atoms with Crippen LogP contribution in [0.15, 0.2) is 45.1 Å². The van der Waals surface area contributed by atoms with Crippen molar-refractivity contribution in [2.45, 2.75) is 4.90 Å². The lowest BCUT2D eigenvalue weighted by Crippen LogP contribution is -2.42. The van der Waals surface area contributed by atoms with Crippen LogP contribution >= 0.6 is 0 Å². The van der Waals surface area contributed by atoms with Gasteiger partial charge in [0.15, 0.2) is 11.3 Å². The average molecular weight is 330 g/mol. The summed E-state index contributed by atoms with van der Waals surface area (Å²) in [5.74, 6) is -0.898. The summed E-state index contributed by atoms with van der Waals surface area (Å²) in [7, 11) is -2.06. The van der Waals surface area contributed by atoms with Crippen LogP contribution in [0.25, 0.3) is 0 Å². The molecule has 0 N–H and O–H groups in total. The third-order valence-corrected chi connectivity index (χ3v) is 4.51. The highest BCUT2D eigenvalue weighted by atomic mass is 32.2. The molecule has 7 nitrogen and oxygen atoms in total. The lowest BCUT2D eigenvalue weighted by atomic mass is 10.3. The quantitative estimate of drug-likeness (QED) is 0.799. The summed E-state index contributed by atoms with van der Waals surface area (Å²) in [6.07, 6.45) is 0.395. The Morgan fingerprint density at radius 2 is 1.95 bits per heavy atom. The molecule has 0 atom stereocenters. The molecule has 0 saturated carbocycles. The van der Waals surface area contributed by atoms with E-state index >= 15 is 0 Å². The van der Waals surface area contributed by atoms with Crippen molar-refractivity contribution < 1.29 is 21.7 Å². The lowest BCUT2D eigenvalue weighted by molar-refractivity contribution is 0.414. The maximum atomic E-state index is 14.2. The maximum Gasteiger partial charge on any atom is 0.343 e. The van der Waals surface area contributed by atoms with E-state index in [1.54, 1.807) is 0 Å². The molecular weight excluding hydrogens is 313 g/mol. The number of hydrogen-bond acceptors (Lipinski definition) is 5. The van der Waals surface area contributed by atoms with Crippen molar-refractivity contribution in [3.63, 3.8) is 0 Å². The first-order valence-corrected chi connectivity index (χ1v) is 7.35. The molecule has 0 aliphatic heterocycles. The number of nitrogens with zero attached hydrogens (tertiary/aromatic N) is 3. The molecule has 0 amide bonds. The van der Waals surface area contributed by atoms with Gasteiger partial charge in [0.1, 0.15) is 5.75 Å². The Hall–Kier alpha value is -2.42. The Labute approximate surface area is 130 Å². The van der Waals surface area contributed by atoms with Crippen LogP contribution in [-0.4, -0.2) is 31.1 Å². The van der Waals surface area contributed by atoms with E-state index in [9.17, 15) is 17.6 Å². The van der Waals surface area contributed by atoms with E-state index in [4.69, 9.17) is 8.85 Å². The molecule has 0 aliphatic carbocycles. The number of methoxy groups -OCH3 is 1. The van der Waals surface area contributed by atoms with Gasteiger partial charge in [-0.15, -0.1) is 0 Å². The summed E-state index contributed by atoms with van der Waals surface area (Å²) in [6, 6.07) is 4.97. The van der Waals surface area contributed by atoms with Crippen molar-refractivity contribution in [3.05, 3.63) is 52.3 Å². The largest absolute Gasteiger partial charge is 0.497 e. The zero-order valence-corrected chi connectivity index (χ0v) is 12.5. The standard InChI is InChI=1S/C13H14FN3O4S/c1-15-12-11(14)8-17(13(18)16(12)2)22(19,20)10-6-4-9(21-3)5-7-10/h4-8H,1-3H3/i2D3. The van der Waals surface area contributed by atoms with Gasteiger partial charge < -0.3 is 4.74 Å². The minimum Gasteiger partial charge on any atom is -0.497 e. The first-order chi connectivity index (χ1) is 11.5. The van der Waals surface area contributed by atoms with Crippen LogP contribution in [0.2, 0.25) is 0 Å². The molecule has 0 spiro atoms. The molecule has 2 aromatic rings. The van der Waals surface area contributed by atoms with Gasteiger partial charge in [0, 0.05) is 18.1 Å². The topological polar surface area (TPSA) is 82.7 Å². The normalized spacial score (nSPS) is 15.0. The fourth-order valence-electron chi connectivity index (χ4n) is 1.75. The maximum absolute atomic E-state index is 14.2. The third-order valence-electron chi connectivity index (χ3n) is 2.86. The van der Waals surface area contributed by atoms with Crippen LogP contribution < -0.4 is 15.9 Å². The molecule has 0 bridgehead atoms. The van der Waals surface area contributed by atoms with Crippen LogP contribution in [0.4, 0.5) is 4.39 Å². The van der Waals surface area contributed by atoms with E-state index in [0.717, 1.165) is 19.2 Å². The zero-order valence-electron chi connectivity index (χ0n) is 14.6. The van der Waals surface area contributed by atoms with Gasteiger partial charge in [-0.1, -0.05) is 0 Å². The van der Waals surface area contributed by atoms with Gasteiger partial charge in [0.25, 0.3) is 10.0 Å². The molecule has 0 unspecified atom stereocenters. The lowest BCUT2D eigenvalue weighted by Gasteiger charge is -2.10. The van der Waals surface area contributed by atoms with Crippen molar-refractivity contribution >= 4 is 10.0 Å². The summed E-state index contributed by atoms with van der Waals surface area (Å²) in [4.78, 5) is 15.5.